The Morgan fingerprint density at radius 1 is 1.07 bits per heavy atom. The van der Waals surface area contributed by atoms with Gasteiger partial charge in [-0.2, -0.15) is 0 Å². The average Bonchev–Trinajstić information content (AvgIpc) is 2.83. The zero-order chi connectivity index (χ0) is 20.7. The normalized spacial score (nSPS) is 25.5. The summed E-state index contributed by atoms with van der Waals surface area (Å²) in [6.45, 7) is 6.78. The predicted octanol–water partition coefficient (Wildman–Crippen LogP) is 5.00. The van der Waals surface area contributed by atoms with E-state index in [2.05, 4.69) is 20.8 Å². The quantitative estimate of drug-likeness (QED) is 0.470. The van der Waals surface area contributed by atoms with Gasteiger partial charge in [0, 0.05) is 18.7 Å². The molecule has 1 aliphatic carbocycles. The molecule has 2 aliphatic rings. The highest BCUT2D eigenvalue weighted by atomic mass is 35.5. The second-order valence-corrected chi connectivity index (χ2v) is 10.1. The molecule has 1 heterocycles. The molecule has 154 valence electrons. The molecule has 2 fully saturated rings. The summed E-state index contributed by atoms with van der Waals surface area (Å²) < 4.78 is 10.4. The van der Waals surface area contributed by atoms with E-state index in [0.717, 1.165) is 19.3 Å². The van der Waals surface area contributed by atoms with Crippen LogP contribution in [0, 0.1) is 10.8 Å². The number of likely N-dealkylation sites (tertiary alicyclic amines) is 1. The predicted molar refractivity (Wildman–Crippen MR) is 109 cm³/mol. The van der Waals surface area contributed by atoms with Gasteiger partial charge in [-0.25, -0.2) is 4.79 Å². The molecule has 1 amide bonds. The lowest BCUT2D eigenvalue weighted by Crippen LogP contribution is -2.40. The molecule has 1 aromatic carbocycles. The molecule has 2 unspecified atom stereocenters. The van der Waals surface area contributed by atoms with Gasteiger partial charge in [-0.1, -0.05) is 55.6 Å². The molecular formula is C20H24Cl3NO4. The number of hydrogen-bond donors (Lipinski definition) is 0. The maximum Gasteiger partial charge on any atom is 0.344 e. The number of esters is 1. The van der Waals surface area contributed by atoms with Crippen LogP contribution in [-0.2, 0) is 14.3 Å². The Bertz CT molecular complexity index is 798. The largest absolute Gasteiger partial charge is 0.480 e. The monoisotopic (exact) mass is 447 g/mol. The van der Waals surface area contributed by atoms with Crippen molar-refractivity contribution in [2.24, 2.45) is 10.8 Å². The molecule has 8 heteroatoms. The Morgan fingerprint density at radius 2 is 1.75 bits per heavy atom. The van der Waals surface area contributed by atoms with E-state index in [-0.39, 0.29) is 51.8 Å². The first-order valence-electron chi connectivity index (χ1n) is 9.20. The number of benzene rings is 1. The van der Waals surface area contributed by atoms with Crippen LogP contribution in [0.3, 0.4) is 0 Å². The van der Waals surface area contributed by atoms with Crippen LogP contribution in [0.25, 0.3) is 0 Å². The second-order valence-electron chi connectivity index (χ2n) is 8.88. The van der Waals surface area contributed by atoms with Gasteiger partial charge < -0.3 is 14.4 Å². The molecule has 5 nitrogen and oxygen atoms in total. The van der Waals surface area contributed by atoms with Crippen LogP contribution in [0.1, 0.15) is 40.0 Å². The third-order valence-electron chi connectivity index (χ3n) is 5.41. The fourth-order valence-electron chi connectivity index (χ4n) is 4.77. The van der Waals surface area contributed by atoms with Crippen molar-refractivity contribution in [1.82, 2.24) is 4.90 Å². The molecular weight excluding hydrogens is 425 g/mol. The zero-order valence-electron chi connectivity index (χ0n) is 16.2. The number of fused-ring (bicyclic) bond motifs is 2. The summed E-state index contributed by atoms with van der Waals surface area (Å²) in [6.07, 6.45) is 3.08. The molecule has 0 spiro atoms. The van der Waals surface area contributed by atoms with Gasteiger partial charge in [0.05, 0.1) is 15.1 Å². The van der Waals surface area contributed by atoms with Gasteiger partial charge >= 0.3 is 5.97 Å². The van der Waals surface area contributed by atoms with Crippen molar-refractivity contribution in [3.8, 4) is 5.75 Å². The van der Waals surface area contributed by atoms with Crippen LogP contribution < -0.4 is 4.74 Å². The van der Waals surface area contributed by atoms with Crippen molar-refractivity contribution in [3.63, 3.8) is 0 Å². The Balaban J connectivity index is 1.50. The third kappa shape index (κ3) is 4.87. The number of amides is 1. The lowest BCUT2D eigenvalue weighted by atomic mass is 9.65. The first-order valence-corrected chi connectivity index (χ1v) is 10.3. The van der Waals surface area contributed by atoms with Gasteiger partial charge in [0.1, 0.15) is 5.75 Å². The van der Waals surface area contributed by atoms with Gasteiger partial charge in [-0.3, -0.25) is 4.79 Å². The summed E-state index contributed by atoms with van der Waals surface area (Å²) in [5.74, 6) is -0.584. The third-order valence-corrected chi connectivity index (χ3v) is 6.43. The van der Waals surface area contributed by atoms with Crippen molar-refractivity contribution in [3.05, 3.63) is 27.2 Å². The van der Waals surface area contributed by atoms with Crippen LogP contribution >= 0.6 is 34.8 Å². The van der Waals surface area contributed by atoms with Crippen LogP contribution in [-0.4, -0.2) is 42.6 Å². The summed E-state index contributed by atoms with van der Waals surface area (Å²) >= 11 is 17.8. The standard InChI is InChI=1S/C20H24Cl3NO4/c1-19(2)6-12-7-20(3,10-19)11-24(12)17(25)8-28-18(26)9-27-16-5-14(22)13(21)4-15(16)23/h4-5,12H,6-11H2,1-3H3. The molecule has 0 radical (unpaired) electrons. The minimum atomic E-state index is -0.649. The van der Waals surface area contributed by atoms with Crippen molar-refractivity contribution in [2.75, 3.05) is 19.8 Å². The van der Waals surface area contributed by atoms with E-state index in [0.29, 0.717) is 11.6 Å². The number of halogens is 3. The van der Waals surface area contributed by atoms with E-state index in [1.807, 2.05) is 4.90 Å². The summed E-state index contributed by atoms with van der Waals surface area (Å²) in [4.78, 5) is 26.5. The number of rotatable bonds is 5. The maximum absolute atomic E-state index is 12.6. The van der Waals surface area contributed by atoms with Crippen LogP contribution in [0.2, 0.25) is 15.1 Å². The summed E-state index contributed by atoms with van der Waals surface area (Å²) in [5, 5.41) is 0.791. The molecule has 1 aromatic rings. The van der Waals surface area contributed by atoms with E-state index in [1.165, 1.54) is 12.1 Å². The molecule has 1 aliphatic heterocycles. The van der Waals surface area contributed by atoms with Crippen LogP contribution in [0.4, 0.5) is 0 Å². The molecule has 3 rings (SSSR count). The van der Waals surface area contributed by atoms with Crippen molar-refractivity contribution in [1.29, 1.82) is 0 Å². The highest BCUT2D eigenvalue weighted by Crippen LogP contribution is 2.52. The highest BCUT2D eigenvalue weighted by molar-refractivity contribution is 6.43. The topological polar surface area (TPSA) is 55.8 Å². The van der Waals surface area contributed by atoms with Crippen molar-refractivity contribution < 1.29 is 19.1 Å². The Kier molecular flexibility index (Phi) is 6.09. The van der Waals surface area contributed by atoms with Gasteiger partial charge in [-0.05, 0) is 36.2 Å². The zero-order valence-corrected chi connectivity index (χ0v) is 18.5. The fourth-order valence-corrected chi connectivity index (χ4v) is 5.36. The molecule has 1 saturated heterocycles. The number of carbonyl (C=O) groups is 2. The Labute approximate surface area is 180 Å². The minimum Gasteiger partial charge on any atom is -0.480 e. The molecule has 28 heavy (non-hydrogen) atoms. The lowest BCUT2D eigenvalue weighted by molar-refractivity contribution is -0.154. The molecule has 0 aromatic heterocycles. The first kappa shape index (κ1) is 21.5. The summed E-state index contributed by atoms with van der Waals surface area (Å²) in [7, 11) is 0. The second kappa shape index (κ2) is 7.92. The van der Waals surface area contributed by atoms with Gasteiger partial charge in [0.2, 0.25) is 0 Å². The Morgan fingerprint density at radius 3 is 2.46 bits per heavy atom. The van der Waals surface area contributed by atoms with Gasteiger partial charge in [0.25, 0.3) is 5.91 Å². The van der Waals surface area contributed by atoms with E-state index in [1.54, 1.807) is 0 Å². The van der Waals surface area contributed by atoms with Crippen molar-refractivity contribution in [2.45, 2.75) is 46.1 Å². The van der Waals surface area contributed by atoms with E-state index in [4.69, 9.17) is 44.3 Å². The van der Waals surface area contributed by atoms with Crippen molar-refractivity contribution >= 4 is 46.7 Å². The molecule has 1 saturated carbocycles. The van der Waals surface area contributed by atoms with Gasteiger partial charge in [0.15, 0.2) is 13.2 Å². The number of nitrogens with zero attached hydrogens (tertiary/aromatic N) is 1. The molecule has 2 bridgehead atoms. The summed E-state index contributed by atoms with van der Waals surface area (Å²) in [5.41, 5.74) is 0.357. The molecule has 2 atom stereocenters. The smallest absolute Gasteiger partial charge is 0.344 e. The minimum absolute atomic E-state index is 0.139. The van der Waals surface area contributed by atoms with E-state index >= 15 is 0 Å². The fraction of sp³-hybridized carbons (Fsp3) is 0.600. The maximum atomic E-state index is 12.6. The average molecular weight is 449 g/mol. The number of carbonyl (C=O) groups excluding carboxylic acids is 2. The summed E-state index contributed by atoms with van der Waals surface area (Å²) in [6, 6.07) is 3.08. The van der Waals surface area contributed by atoms with E-state index in [9.17, 15) is 9.59 Å². The SMILES string of the molecule is CC1(C)CC2CC(C)(CN2C(=O)COC(=O)COc2cc(Cl)c(Cl)cc2Cl)C1. The molecule has 0 N–H and O–H groups in total. The highest BCUT2D eigenvalue weighted by Gasteiger charge is 2.50. The first-order chi connectivity index (χ1) is 13.0. The Hall–Kier alpha value is -1.17. The number of ether oxygens (including phenoxy) is 2. The van der Waals surface area contributed by atoms with E-state index < -0.39 is 5.97 Å². The van der Waals surface area contributed by atoms with Crippen LogP contribution in [0.5, 0.6) is 5.75 Å². The number of hydrogen-bond acceptors (Lipinski definition) is 4. The van der Waals surface area contributed by atoms with Gasteiger partial charge in [-0.15, -0.1) is 0 Å². The lowest BCUT2D eigenvalue weighted by Gasteiger charge is -2.39. The van der Waals surface area contributed by atoms with Crippen LogP contribution in [0.15, 0.2) is 12.1 Å².